The highest BCUT2D eigenvalue weighted by Crippen LogP contribution is 2.30. The number of thioether (sulfide) groups is 1. The van der Waals surface area contributed by atoms with Crippen LogP contribution in [0.4, 0.5) is 0 Å². The van der Waals surface area contributed by atoms with Crippen LogP contribution in [0, 0.1) is 13.8 Å². The number of hydrogen-bond acceptors (Lipinski definition) is 7. The molecule has 4 aromatic rings. The first-order valence-electron chi connectivity index (χ1n) is 11.5. The Morgan fingerprint density at radius 3 is 2.50 bits per heavy atom. The number of hydrogen-bond donors (Lipinski definition) is 0. The van der Waals surface area contributed by atoms with E-state index in [2.05, 4.69) is 71.4 Å². The van der Waals surface area contributed by atoms with Crippen LogP contribution in [0.5, 0.6) is 0 Å². The molecule has 1 amide bonds. The number of nitrogens with zero attached hydrogens (tertiary/aromatic N) is 6. The summed E-state index contributed by atoms with van der Waals surface area (Å²) in [5, 5.41) is 10.4. The Kier molecular flexibility index (Phi) is 6.67. The van der Waals surface area contributed by atoms with Crippen LogP contribution in [0.2, 0.25) is 0 Å². The maximum absolute atomic E-state index is 13.0. The largest absolute Gasteiger partial charge is 0.339 e. The molecule has 34 heavy (non-hydrogen) atoms. The van der Waals surface area contributed by atoms with Crippen LogP contribution < -0.4 is 0 Å². The zero-order valence-corrected chi connectivity index (χ0v) is 21.3. The highest BCUT2D eigenvalue weighted by molar-refractivity contribution is 7.99. The Balaban J connectivity index is 1.17. The Bertz CT molecular complexity index is 1260. The van der Waals surface area contributed by atoms with Crippen molar-refractivity contribution in [1.29, 1.82) is 0 Å². The predicted octanol–water partition coefficient (Wildman–Crippen LogP) is 4.49. The second-order valence-electron chi connectivity index (χ2n) is 8.60. The maximum Gasteiger partial charge on any atom is 0.233 e. The lowest BCUT2D eigenvalue weighted by atomic mass is 10.2. The number of benzene rings is 2. The number of carbonyl (C=O) groups excluding carboxylic acids is 1. The molecule has 0 radical (unpaired) electrons. The highest BCUT2D eigenvalue weighted by atomic mass is 32.2. The second kappa shape index (κ2) is 9.85. The fourth-order valence-corrected chi connectivity index (χ4v) is 6.18. The molecule has 1 saturated heterocycles. The fraction of sp³-hybridized carbons (Fsp3) is 0.360. The number of fused-ring (bicyclic) bond motifs is 1. The Labute approximate surface area is 207 Å². The van der Waals surface area contributed by atoms with Crippen molar-refractivity contribution >= 4 is 39.2 Å². The van der Waals surface area contributed by atoms with Crippen LogP contribution in [0.15, 0.2) is 53.7 Å². The zero-order valence-electron chi connectivity index (χ0n) is 19.6. The van der Waals surface area contributed by atoms with Gasteiger partial charge in [0.2, 0.25) is 5.91 Å². The molecule has 0 bridgehead atoms. The van der Waals surface area contributed by atoms with Gasteiger partial charge in [-0.3, -0.25) is 14.3 Å². The second-order valence-corrected chi connectivity index (χ2v) is 10.6. The van der Waals surface area contributed by atoms with Crippen molar-refractivity contribution < 1.29 is 4.79 Å². The number of aryl methyl sites for hydroxylation is 2. The molecule has 5 rings (SSSR count). The standard InChI is InChI=1S/C25H28N6OS2/c1-17-8-10-20(11-9-17)31-19(3)27-28-25(31)33-16-23(32)30-14-12-29(13-15-30)18(2)24-26-21-6-4-5-7-22(21)34-24/h4-11,18H,12-16H2,1-3H3/t18-/m1/s1. The number of aromatic nitrogens is 4. The number of rotatable bonds is 6. The minimum atomic E-state index is 0.147. The van der Waals surface area contributed by atoms with Gasteiger partial charge in [-0.05, 0) is 45.0 Å². The monoisotopic (exact) mass is 492 g/mol. The van der Waals surface area contributed by atoms with Crippen molar-refractivity contribution in [2.45, 2.75) is 32.0 Å². The third-order valence-corrected chi connectivity index (χ3v) is 8.41. The predicted molar refractivity (Wildman–Crippen MR) is 138 cm³/mol. The Hall–Kier alpha value is -2.75. The van der Waals surface area contributed by atoms with E-state index in [4.69, 9.17) is 4.98 Å². The SMILES string of the molecule is Cc1ccc(-n2c(C)nnc2SCC(=O)N2CCN([C@H](C)c3nc4ccccc4s3)CC2)cc1. The van der Waals surface area contributed by atoms with Gasteiger partial charge in [0.1, 0.15) is 10.8 Å². The van der Waals surface area contributed by atoms with E-state index in [9.17, 15) is 4.79 Å². The minimum Gasteiger partial charge on any atom is -0.339 e. The summed E-state index contributed by atoms with van der Waals surface area (Å²) >= 11 is 3.21. The van der Waals surface area contributed by atoms with E-state index in [1.807, 2.05) is 22.5 Å². The van der Waals surface area contributed by atoms with Gasteiger partial charge < -0.3 is 4.90 Å². The molecule has 3 heterocycles. The first-order valence-corrected chi connectivity index (χ1v) is 13.3. The molecular weight excluding hydrogens is 464 g/mol. The molecule has 0 spiro atoms. The molecule has 2 aromatic heterocycles. The van der Waals surface area contributed by atoms with Crippen molar-refractivity contribution in [2.24, 2.45) is 0 Å². The normalized spacial score (nSPS) is 15.7. The van der Waals surface area contributed by atoms with Crippen molar-refractivity contribution in [2.75, 3.05) is 31.9 Å². The van der Waals surface area contributed by atoms with Gasteiger partial charge >= 0.3 is 0 Å². The summed E-state index contributed by atoms with van der Waals surface area (Å²) in [6.45, 7) is 9.39. The van der Waals surface area contributed by atoms with E-state index in [0.29, 0.717) is 5.75 Å². The summed E-state index contributed by atoms with van der Waals surface area (Å²) in [7, 11) is 0. The van der Waals surface area contributed by atoms with Crippen LogP contribution in [0.3, 0.4) is 0 Å². The molecule has 176 valence electrons. The van der Waals surface area contributed by atoms with E-state index >= 15 is 0 Å². The molecule has 7 nitrogen and oxygen atoms in total. The molecule has 0 aliphatic carbocycles. The third kappa shape index (κ3) is 4.73. The van der Waals surface area contributed by atoms with Gasteiger partial charge in [-0.25, -0.2) is 4.98 Å². The van der Waals surface area contributed by atoms with E-state index in [0.717, 1.165) is 53.4 Å². The third-order valence-electron chi connectivity index (χ3n) is 6.29. The van der Waals surface area contributed by atoms with Crippen molar-refractivity contribution in [1.82, 2.24) is 29.5 Å². The minimum absolute atomic E-state index is 0.147. The summed E-state index contributed by atoms with van der Waals surface area (Å²) in [5.74, 6) is 1.32. The molecule has 1 atom stereocenters. The average Bonchev–Trinajstić information content (AvgIpc) is 3.46. The number of piperazine rings is 1. The van der Waals surface area contributed by atoms with Gasteiger partial charge in [-0.15, -0.1) is 21.5 Å². The highest BCUT2D eigenvalue weighted by Gasteiger charge is 2.26. The summed E-state index contributed by atoms with van der Waals surface area (Å²) in [4.78, 5) is 22.2. The van der Waals surface area contributed by atoms with Crippen LogP contribution in [-0.4, -0.2) is 67.4 Å². The van der Waals surface area contributed by atoms with Crippen LogP contribution in [-0.2, 0) is 4.79 Å². The van der Waals surface area contributed by atoms with Crippen molar-refractivity contribution in [3.05, 3.63) is 64.9 Å². The van der Waals surface area contributed by atoms with E-state index in [1.54, 1.807) is 11.3 Å². The van der Waals surface area contributed by atoms with E-state index in [-0.39, 0.29) is 11.9 Å². The quantitative estimate of drug-likeness (QED) is 0.370. The van der Waals surface area contributed by atoms with Gasteiger partial charge in [0.05, 0.1) is 22.0 Å². The van der Waals surface area contributed by atoms with Gasteiger partial charge in [0, 0.05) is 31.9 Å². The van der Waals surface area contributed by atoms with E-state index < -0.39 is 0 Å². The molecule has 0 unspecified atom stereocenters. The molecule has 2 aromatic carbocycles. The molecule has 9 heteroatoms. The fourth-order valence-electron chi connectivity index (χ4n) is 4.23. The molecule has 0 N–H and O–H groups in total. The lowest BCUT2D eigenvalue weighted by molar-refractivity contribution is -0.130. The van der Waals surface area contributed by atoms with Crippen LogP contribution >= 0.6 is 23.1 Å². The molecule has 1 fully saturated rings. The lowest BCUT2D eigenvalue weighted by Gasteiger charge is -2.37. The number of thiazole rings is 1. The topological polar surface area (TPSA) is 67.2 Å². The maximum atomic E-state index is 13.0. The van der Waals surface area contributed by atoms with Gasteiger partial charge in [-0.1, -0.05) is 41.6 Å². The number of para-hydroxylation sites is 1. The van der Waals surface area contributed by atoms with Crippen LogP contribution in [0.1, 0.15) is 29.4 Å². The van der Waals surface area contributed by atoms with Crippen LogP contribution in [0.25, 0.3) is 15.9 Å². The lowest BCUT2D eigenvalue weighted by Crippen LogP contribution is -2.49. The first kappa shape index (κ1) is 23.0. The number of carbonyl (C=O) groups is 1. The summed E-state index contributed by atoms with van der Waals surface area (Å²) < 4.78 is 3.23. The molecule has 1 aliphatic heterocycles. The Morgan fingerprint density at radius 1 is 1.03 bits per heavy atom. The van der Waals surface area contributed by atoms with Gasteiger partial charge in [0.15, 0.2) is 5.16 Å². The van der Waals surface area contributed by atoms with Crippen molar-refractivity contribution in [3.8, 4) is 5.69 Å². The molecule has 0 saturated carbocycles. The summed E-state index contributed by atoms with van der Waals surface area (Å²) in [6, 6.07) is 16.8. The summed E-state index contributed by atoms with van der Waals surface area (Å²) in [6.07, 6.45) is 0. The summed E-state index contributed by atoms with van der Waals surface area (Å²) in [5.41, 5.74) is 3.28. The van der Waals surface area contributed by atoms with Gasteiger partial charge in [0.25, 0.3) is 0 Å². The molecule has 1 aliphatic rings. The smallest absolute Gasteiger partial charge is 0.233 e. The Morgan fingerprint density at radius 2 is 1.76 bits per heavy atom. The first-order chi connectivity index (χ1) is 16.5. The van der Waals surface area contributed by atoms with E-state index in [1.165, 1.54) is 22.0 Å². The molecular formula is C25H28N6OS2. The van der Waals surface area contributed by atoms with Crippen molar-refractivity contribution in [3.63, 3.8) is 0 Å². The zero-order chi connectivity index (χ0) is 23.7. The number of amides is 1. The van der Waals surface area contributed by atoms with Gasteiger partial charge in [-0.2, -0.15) is 0 Å². The average molecular weight is 493 g/mol.